The molecule has 9 heteroatoms. The summed E-state index contributed by atoms with van der Waals surface area (Å²) in [6.07, 6.45) is 1.16. The fraction of sp³-hybridized carbons (Fsp3) is 0.485. The van der Waals surface area contributed by atoms with E-state index in [2.05, 4.69) is 0 Å². The minimum absolute atomic E-state index is 0.207. The van der Waals surface area contributed by atoms with Gasteiger partial charge in [0, 0.05) is 37.0 Å². The third-order valence-electron chi connectivity index (χ3n) is 7.12. The highest BCUT2D eigenvalue weighted by molar-refractivity contribution is 5.96. The van der Waals surface area contributed by atoms with Crippen molar-refractivity contribution >= 4 is 29.1 Å². The smallest absolute Gasteiger partial charge is 0.419 e. The zero-order valence-electron chi connectivity index (χ0n) is 26.1. The zero-order valence-corrected chi connectivity index (χ0v) is 26.1. The van der Waals surface area contributed by atoms with Crippen molar-refractivity contribution in [1.29, 1.82) is 0 Å². The Balaban J connectivity index is 1.70. The van der Waals surface area contributed by atoms with E-state index in [9.17, 15) is 14.4 Å². The van der Waals surface area contributed by atoms with Crippen molar-refractivity contribution in [3.63, 3.8) is 0 Å². The van der Waals surface area contributed by atoms with E-state index in [0.717, 1.165) is 27.6 Å². The number of nitrogens with zero attached hydrogens (tertiary/aromatic N) is 2. The topological polar surface area (TPSA) is 96.3 Å². The summed E-state index contributed by atoms with van der Waals surface area (Å²) in [5, 5.41) is 0.813. The summed E-state index contributed by atoms with van der Waals surface area (Å²) in [5.74, 6) is 0.0621. The van der Waals surface area contributed by atoms with Crippen LogP contribution in [-0.4, -0.2) is 65.1 Å². The molecule has 1 unspecified atom stereocenters. The van der Waals surface area contributed by atoms with Crippen molar-refractivity contribution in [3.8, 4) is 5.75 Å². The van der Waals surface area contributed by atoms with E-state index in [1.807, 2.05) is 79.7 Å². The summed E-state index contributed by atoms with van der Waals surface area (Å²) in [5.41, 5.74) is 2.72. The number of esters is 1. The van der Waals surface area contributed by atoms with Gasteiger partial charge in [0.1, 0.15) is 23.1 Å². The van der Waals surface area contributed by atoms with Crippen LogP contribution in [0.5, 0.6) is 5.75 Å². The molecule has 2 aromatic carbocycles. The first-order valence-corrected chi connectivity index (χ1v) is 14.3. The summed E-state index contributed by atoms with van der Waals surface area (Å²) in [6.45, 7) is 15.8. The lowest BCUT2D eigenvalue weighted by molar-refractivity contribution is 0.00776. The predicted octanol–water partition coefficient (Wildman–Crippen LogP) is 7.00. The maximum Gasteiger partial charge on any atom is 0.419 e. The number of hydrogen-bond donors (Lipinski definition) is 0. The van der Waals surface area contributed by atoms with Crippen LogP contribution in [0.15, 0.2) is 42.6 Å². The van der Waals surface area contributed by atoms with E-state index >= 15 is 0 Å². The quantitative estimate of drug-likeness (QED) is 0.243. The molecule has 0 radical (unpaired) electrons. The summed E-state index contributed by atoms with van der Waals surface area (Å²) < 4.78 is 24.5. The molecule has 226 valence electrons. The molecule has 1 saturated heterocycles. The number of ether oxygens (including phenoxy) is 4. The number of amides is 1. The molecule has 0 spiro atoms. The minimum Gasteiger partial charge on any atom is -0.489 e. The number of aromatic nitrogens is 1. The molecule has 0 bridgehead atoms. The summed E-state index contributed by atoms with van der Waals surface area (Å²) in [7, 11) is 1.35. The van der Waals surface area contributed by atoms with E-state index in [1.165, 1.54) is 11.7 Å². The average Bonchev–Trinajstić information content (AvgIpc) is 3.35. The Morgan fingerprint density at radius 2 is 1.48 bits per heavy atom. The van der Waals surface area contributed by atoms with Gasteiger partial charge >= 0.3 is 18.2 Å². The Morgan fingerprint density at radius 1 is 0.857 bits per heavy atom. The molecular formula is C33H42N2O7. The van der Waals surface area contributed by atoms with E-state index in [0.29, 0.717) is 30.8 Å². The SMILES string of the molecule is COC(=O)c1ccc(C2CN(C(=O)OC(C)(C)C)CC[C@H]2Oc2c(C)cc(C)c3c2ccn3C(=O)OC(C)(C)C)cc1. The molecule has 2 heterocycles. The molecule has 0 saturated carbocycles. The van der Waals surface area contributed by atoms with Crippen LogP contribution in [0.4, 0.5) is 9.59 Å². The van der Waals surface area contributed by atoms with Gasteiger partial charge in [0.05, 0.1) is 18.2 Å². The molecule has 3 aromatic rings. The van der Waals surface area contributed by atoms with E-state index in [4.69, 9.17) is 18.9 Å². The van der Waals surface area contributed by atoms with Gasteiger partial charge in [-0.3, -0.25) is 4.57 Å². The van der Waals surface area contributed by atoms with Crippen LogP contribution in [0, 0.1) is 13.8 Å². The van der Waals surface area contributed by atoms with Crippen LogP contribution in [0.1, 0.15) is 80.9 Å². The second-order valence-corrected chi connectivity index (χ2v) is 12.9. The molecule has 2 atom stereocenters. The lowest BCUT2D eigenvalue weighted by atomic mass is 9.87. The first-order chi connectivity index (χ1) is 19.6. The fourth-order valence-electron chi connectivity index (χ4n) is 5.33. The van der Waals surface area contributed by atoms with Gasteiger partial charge in [-0.15, -0.1) is 0 Å². The number of carbonyl (C=O) groups is 3. The number of piperidine rings is 1. The highest BCUT2D eigenvalue weighted by Gasteiger charge is 2.36. The van der Waals surface area contributed by atoms with E-state index in [1.54, 1.807) is 23.2 Å². The molecule has 1 aromatic heterocycles. The Labute approximate surface area is 247 Å². The number of rotatable bonds is 4. The van der Waals surface area contributed by atoms with Gasteiger partial charge in [-0.25, -0.2) is 14.4 Å². The van der Waals surface area contributed by atoms with Gasteiger partial charge < -0.3 is 23.8 Å². The maximum absolute atomic E-state index is 13.0. The third kappa shape index (κ3) is 6.89. The van der Waals surface area contributed by atoms with Crippen LogP contribution in [0.2, 0.25) is 0 Å². The van der Waals surface area contributed by atoms with Crippen molar-refractivity contribution in [3.05, 3.63) is 64.8 Å². The van der Waals surface area contributed by atoms with Crippen LogP contribution in [-0.2, 0) is 14.2 Å². The normalized spacial score (nSPS) is 17.6. The predicted molar refractivity (Wildman–Crippen MR) is 160 cm³/mol. The first-order valence-electron chi connectivity index (χ1n) is 14.3. The van der Waals surface area contributed by atoms with Gasteiger partial charge in [-0.1, -0.05) is 18.2 Å². The molecule has 1 aliphatic heterocycles. The first kappa shape index (κ1) is 30.9. The highest BCUT2D eigenvalue weighted by Crippen LogP contribution is 2.38. The highest BCUT2D eigenvalue weighted by atomic mass is 16.6. The van der Waals surface area contributed by atoms with Crippen molar-refractivity contribution < 1.29 is 33.3 Å². The number of benzene rings is 2. The summed E-state index contributed by atoms with van der Waals surface area (Å²) >= 11 is 0. The zero-order chi connectivity index (χ0) is 31.0. The molecule has 1 aliphatic rings. The van der Waals surface area contributed by atoms with Crippen LogP contribution < -0.4 is 4.74 Å². The standard InChI is InChI=1S/C33H42N2O7/c1-20-18-21(2)28(24-14-17-35(27(20)24)31(38)42-33(6,7)8)40-26-15-16-34(30(37)41-32(3,4)5)19-25(26)22-10-12-23(13-11-22)29(36)39-9/h10-14,17-18,25-26H,15-16,19H2,1-9H3/t25?,26-/m1/s1. The van der Waals surface area contributed by atoms with Crippen molar-refractivity contribution in [2.75, 3.05) is 20.2 Å². The monoisotopic (exact) mass is 578 g/mol. The second kappa shape index (κ2) is 11.7. The molecule has 0 N–H and O–H groups in total. The van der Waals surface area contributed by atoms with Gasteiger partial charge in [0.15, 0.2) is 0 Å². The lowest BCUT2D eigenvalue weighted by Gasteiger charge is -2.39. The van der Waals surface area contributed by atoms with Crippen LogP contribution >= 0.6 is 0 Å². The number of likely N-dealkylation sites (tertiary alicyclic amines) is 1. The van der Waals surface area contributed by atoms with Gasteiger partial charge in [-0.05, 0) is 90.3 Å². The van der Waals surface area contributed by atoms with Crippen molar-refractivity contribution in [1.82, 2.24) is 9.47 Å². The molecule has 42 heavy (non-hydrogen) atoms. The Hall–Kier alpha value is -4.01. The number of methoxy groups -OCH3 is 1. The number of carbonyl (C=O) groups excluding carboxylic acids is 3. The second-order valence-electron chi connectivity index (χ2n) is 12.9. The summed E-state index contributed by atoms with van der Waals surface area (Å²) in [4.78, 5) is 39.8. The Morgan fingerprint density at radius 3 is 2.07 bits per heavy atom. The fourth-order valence-corrected chi connectivity index (χ4v) is 5.33. The van der Waals surface area contributed by atoms with Gasteiger partial charge in [0.25, 0.3) is 0 Å². The van der Waals surface area contributed by atoms with Crippen LogP contribution in [0.3, 0.4) is 0 Å². The van der Waals surface area contributed by atoms with Gasteiger partial charge in [0.2, 0.25) is 0 Å². The molecule has 0 aliphatic carbocycles. The van der Waals surface area contributed by atoms with E-state index in [-0.39, 0.29) is 18.1 Å². The number of aryl methyl sites for hydroxylation is 2. The van der Waals surface area contributed by atoms with Crippen molar-refractivity contribution in [2.24, 2.45) is 0 Å². The summed E-state index contributed by atoms with van der Waals surface area (Å²) in [6, 6.07) is 11.1. The average molecular weight is 579 g/mol. The maximum atomic E-state index is 13.0. The third-order valence-corrected chi connectivity index (χ3v) is 7.12. The number of hydrogen-bond acceptors (Lipinski definition) is 7. The Bertz CT molecular complexity index is 1480. The lowest BCUT2D eigenvalue weighted by Crippen LogP contribution is -2.48. The van der Waals surface area contributed by atoms with Crippen molar-refractivity contribution in [2.45, 2.75) is 85.0 Å². The van der Waals surface area contributed by atoms with Gasteiger partial charge in [-0.2, -0.15) is 0 Å². The Kier molecular flexibility index (Phi) is 8.62. The molecule has 1 fully saturated rings. The van der Waals surface area contributed by atoms with E-state index < -0.39 is 23.3 Å². The molecule has 9 nitrogen and oxygen atoms in total. The molecule has 4 rings (SSSR count). The molecule has 1 amide bonds. The largest absolute Gasteiger partial charge is 0.489 e. The van der Waals surface area contributed by atoms with Crippen LogP contribution in [0.25, 0.3) is 10.9 Å². The number of fused-ring (bicyclic) bond motifs is 1. The molecular weight excluding hydrogens is 536 g/mol. The minimum atomic E-state index is -0.635.